The quantitative estimate of drug-likeness (QED) is 0.320. The number of esters is 1. The van der Waals surface area contributed by atoms with Crippen molar-refractivity contribution in [2.24, 2.45) is 0 Å². The molecule has 2 N–H and O–H groups in total. The van der Waals surface area contributed by atoms with Gasteiger partial charge in [0.05, 0.1) is 32.5 Å². The Labute approximate surface area is 114 Å². The van der Waals surface area contributed by atoms with E-state index in [4.69, 9.17) is 14.2 Å². The van der Waals surface area contributed by atoms with Crippen molar-refractivity contribution in [3.05, 3.63) is 12.7 Å². The molecule has 0 spiro atoms. The third kappa shape index (κ3) is 9.61. The van der Waals surface area contributed by atoms with Crippen LogP contribution in [0.4, 0.5) is 0 Å². The maximum atomic E-state index is 10.9. The maximum absolute atomic E-state index is 10.9. The third-order valence-corrected chi connectivity index (χ3v) is 2.45. The van der Waals surface area contributed by atoms with E-state index in [1.54, 1.807) is 6.92 Å². The van der Waals surface area contributed by atoms with Crippen LogP contribution in [-0.2, 0) is 19.0 Å². The fourth-order valence-corrected chi connectivity index (χ4v) is 1.10. The second-order valence-electron chi connectivity index (χ2n) is 4.13. The summed E-state index contributed by atoms with van der Waals surface area (Å²) >= 11 is 0. The second-order valence-corrected chi connectivity index (χ2v) is 4.13. The van der Waals surface area contributed by atoms with Gasteiger partial charge >= 0.3 is 5.97 Å². The molecule has 19 heavy (non-hydrogen) atoms. The molecule has 0 aliphatic heterocycles. The zero-order valence-corrected chi connectivity index (χ0v) is 11.6. The highest BCUT2D eigenvalue weighted by Gasteiger charge is 2.17. The topological polar surface area (TPSA) is 85.2 Å². The summed E-state index contributed by atoms with van der Waals surface area (Å²) in [6.45, 7) is 7.67. The molecule has 0 saturated heterocycles. The number of hydrogen-bond acceptors (Lipinski definition) is 6. The Morgan fingerprint density at radius 1 is 1.26 bits per heavy atom. The van der Waals surface area contributed by atoms with Gasteiger partial charge in [0, 0.05) is 6.08 Å². The summed E-state index contributed by atoms with van der Waals surface area (Å²) in [6, 6.07) is 0. The van der Waals surface area contributed by atoms with Gasteiger partial charge in [-0.1, -0.05) is 13.5 Å². The molecule has 0 aliphatic carbocycles. The lowest BCUT2D eigenvalue weighted by Gasteiger charge is -2.18. The predicted molar refractivity (Wildman–Crippen MR) is 69.7 cm³/mol. The highest BCUT2D eigenvalue weighted by molar-refractivity contribution is 5.81. The Balaban J connectivity index is 3.54. The summed E-state index contributed by atoms with van der Waals surface area (Å²) in [5.74, 6) is -0.580. The van der Waals surface area contributed by atoms with Crippen molar-refractivity contribution in [2.75, 3.05) is 26.4 Å². The van der Waals surface area contributed by atoms with Gasteiger partial charge < -0.3 is 24.4 Å². The van der Waals surface area contributed by atoms with Gasteiger partial charge in [0.1, 0.15) is 12.2 Å². The van der Waals surface area contributed by atoms with Gasteiger partial charge in [0.15, 0.2) is 0 Å². The number of aliphatic hydroxyl groups excluding tert-OH is 2. The molecule has 112 valence electrons. The van der Waals surface area contributed by atoms with Crippen molar-refractivity contribution < 1.29 is 29.2 Å². The summed E-state index contributed by atoms with van der Waals surface area (Å²) in [7, 11) is 0. The molecule has 0 amide bonds. The predicted octanol–water partition coefficient (Wildman–Crippen LogP) is 0.269. The Hall–Kier alpha value is -0.950. The standard InChI is InChI=1S/C13H24O6/c1-4-11(14)8-17-6-7-18-9-12(15)10(3)19-13(16)5-2/h5,10-12,14-15H,2,4,6-9H2,1,3H3. The van der Waals surface area contributed by atoms with Gasteiger partial charge in [-0.05, 0) is 13.3 Å². The summed E-state index contributed by atoms with van der Waals surface area (Å²) in [5.41, 5.74) is 0. The molecule has 0 aromatic rings. The van der Waals surface area contributed by atoms with Crippen LogP contribution < -0.4 is 0 Å². The fraction of sp³-hybridized carbons (Fsp3) is 0.769. The van der Waals surface area contributed by atoms with Gasteiger partial charge in [-0.25, -0.2) is 4.79 Å². The lowest BCUT2D eigenvalue weighted by molar-refractivity contribution is -0.150. The number of carbonyl (C=O) groups excluding carboxylic acids is 1. The lowest BCUT2D eigenvalue weighted by Crippen LogP contribution is -2.32. The summed E-state index contributed by atoms with van der Waals surface area (Å²) < 4.78 is 15.2. The van der Waals surface area contributed by atoms with E-state index in [0.717, 1.165) is 6.08 Å². The van der Waals surface area contributed by atoms with E-state index >= 15 is 0 Å². The van der Waals surface area contributed by atoms with Crippen LogP contribution in [-0.4, -0.2) is 60.9 Å². The summed E-state index contributed by atoms with van der Waals surface area (Å²) in [5, 5.41) is 18.8. The van der Waals surface area contributed by atoms with Crippen LogP contribution in [0.1, 0.15) is 20.3 Å². The Morgan fingerprint density at radius 2 is 1.84 bits per heavy atom. The second kappa shape index (κ2) is 10.9. The Kier molecular flexibility index (Phi) is 10.4. The molecule has 0 rings (SSSR count). The van der Waals surface area contributed by atoms with E-state index in [1.165, 1.54) is 0 Å². The number of aliphatic hydroxyl groups is 2. The molecular formula is C13H24O6. The zero-order chi connectivity index (χ0) is 14.7. The van der Waals surface area contributed by atoms with Crippen LogP contribution in [0, 0.1) is 0 Å². The van der Waals surface area contributed by atoms with Gasteiger partial charge in [-0.3, -0.25) is 0 Å². The van der Waals surface area contributed by atoms with Gasteiger partial charge in [-0.15, -0.1) is 0 Å². The molecule has 0 fully saturated rings. The first-order chi connectivity index (χ1) is 9.01. The van der Waals surface area contributed by atoms with Crippen molar-refractivity contribution in [3.63, 3.8) is 0 Å². The maximum Gasteiger partial charge on any atom is 0.330 e. The molecule has 0 aliphatic rings. The number of carbonyl (C=O) groups is 1. The number of ether oxygens (including phenoxy) is 3. The molecule has 3 atom stereocenters. The molecule has 0 heterocycles. The monoisotopic (exact) mass is 276 g/mol. The fourth-order valence-electron chi connectivity index (χ4n) is 1.10. The largest absolute Gasteiger partial charge is 0.457 e. The van der Waals surface area contributed by atoms with Crippen LogP contribution in [0.25, 0.3) is 0 Å². The van der Waals surface area contributed by atoms with Crippen LogP contribution >= 0.6 is 0 Å². The lowest BCUT2D eigenvalue weighted by atomic mass is 10.2. The van der Waals surface area contributed by atoms with Gasteiger partial charge in [0.25, 0.3) is 0 Å². The van der Waals surface area contributed by atoms with Gasteiger partial charge in [0.2, 0.25) is 0 Å². The first kappa shape index (κ1) is 18.0. The zero-order valence-electron chi connectivity index (χ0n) is 11.6. The Morgan fingerprint density at radius 3 is 2.37 bits per heavy atom. The first-order valence-electron chi connectivity index (χ1n) is 6.35. The van der Waals surface area contributed by atoms with Crippen molar-refractivity contribution in [1.29, 1.82) is 0 Å². The van der Waals surface area contributed by atoms with Crippen LogP contribution in [0.5, 0.6) is 0 Å². The molecule has 0 aromatic heterocycles. The highest BCUT2D eigenvalue weighted by Crippen LogP contribution is 2.00. The molecule has 0 radical (unpaired) electrons. The first-order valence-corrected chi connectivity index (χ1v) is 6.35. The smallest absolute Gasteiger partial charge is 0.330 e. The minimum absolute atomic E-state index is 0.0469. The van der Waals surface area contributed by atoms with E-state index in [0.29, 0.717) is 19.6 Å². The van der Waals surface area contributed by atoms with E-state index in [2.05, 4.69) is 6.58 Å². The van der Waals surface area contributed by atoms with E-state index in [1.807, 2.05) is 6.92 Å². The van der Waals surface area contributed by atoms with Crippen molar-refractivity contribution in [3.8, 4) is 0 Å². The van der Waals surface area contributed by atoms with Crippen molar-refractivity contribution in [2.45, 2.75) is 38.6 Å². The van der Waals surface area contributed by atoms with E-state index in [-0.39, 0.29) is 13.2 Å². The van der Waals surface area contributed by atoms with Crippen LogP contribution in [0.15, 0.2) is 12.7 Å². The van der Waals surface area contributed by atoms with Crippen molar-refractivity contribution in [1.82, 2.24) is 0 Å². The summed E-state index contributed by atoms with van der Waals surface area (Å²) in [6.07, 6.45) is -0.328. The molecular weight excluding hydrogens is 252 g/mol. The minimum Gasteiger partial charge on any atom is -0.457 e. The normalized spacial score (nSPS) is 15.6. The molecule has 6 heteroatoms. The van der Waals surface area contributed by atoms with E-state index in [9.17, 15) is 15.0 Å². The van der Waals surface area contributed by atoms with Gasteiger partial charge in [-0.2, -0.15) is 0 Å². The van der Waals surface area contributed by atoms with Crippen LogP contribution in [0.3, 0.4) is 0 Å². The van der Waals surface area contributed by atoms with E-state index < -0.39 is 24.3 Å². The highest BCUT2D eigenvalue weighted by atomic mass is 16.6. The minimum atomic E-state index is -0.898. The Bertz CT molecular complexity index is 256. The summed E-state index contributed by atoms with van der Waals surface area (Å²) in [4.78, 5) is 10.9. The molecule has 0 aromatic carbocycles. The molecule has 0 saturated carbocycles. The average Bonchev–Trinajstić information content (AvgIpc) is 2.41. The molecule has 0 bridgehead atoms. The average molecular weight is 276 g/mol. The molecule has 3 unspecified atom stereocenters. The number of hydrogen-bond donors (Lipinski definition) is 2. The number of rotatable bonds is 11. The SMILES string of the molecule is C=CC(=O)OC(C)C(O)COCCOCC(O)CC. The van der Waals surface area contributed by atoms with Crippen LogP contribution in [0.2, 0.25) is 0 Å². The van der Waals surface area contributed by atoms with Crippen molar-refractivity contribution >= 4 is 5.97 Å². The molecule has 6 nitrogen and oxygen atoms in total. The third-order valence-electron chi connectivity index (χ3n) is 2.45.